The van der Waals surface area contributed by atoms with Gasteiger partial charge >= 0.3 is 0 Å². The molecule has 0 aromatic heterocycles. The fourth-order valence-electron chi connectivity index (χ4n) is 1.95. The number of nitrogens with one attached hydrogen (secondary N) is 1. The molecule has 0 aliphatic rings. The van der Waals surface area contributed by atoms with Gasteiger partial charge in [0.1, 0.15) is 0 Å². The second kappa shape index (κ2) is 6.71. The molecule has 2 aromatic rings. The molecule has 2 rings (SSSR count). The largest absolute Gasteiger partial charge is 0.322 e. The smallest absolute Gasteiger partial charge is 0.255 e. The summed E-state index contributed by atoms with van der Waals surface area (Å²) in [5.41, 5.74) is 3.87. The molecule has 0 spiro atoms. The highest BCUT2D eigenvalue weighted by Gasteiger charge is 2.07. The molecular formula is C17H18BrNO. The highest BCUT2D eigenvalue weighted by molar-refractivity contribution is 9.08. The van der Waals surface area contributed by atoms with Crippen LogP contribution in [0.15, 0.2) is 48.5 Å². The molecule has 0 aliphatic heterocycles. The van der Waals surface area contributed by atoms with Gasteiger partial charge in [-0.05, 0) is 41.3 Å². The van der Waals surface area contributed by atoms with Crippen molar-refractivity contribution < 1.29 is 4.79 Å². The number of amides is 1. The zero-order chi connectivity index (χ0) is 14.5. The Labute approximate surface area is 128 Å². The SMILES string of the molecule is CC(C)c1ccc(C(=O)Nc2cccc(CBr)c2)cc1. The molecule has 20 heavy (non-hydrogen) atoms. The van der Waals surface area contributed by atoms with E-state index in [9.17, 15) is 4.79 Å². The molecule has 0 aliphatic carbocycles. The fourth-order valence-corrected chi connectivity index (χ4v) is 2.30. The Hall–Kier alpha value is -1.61. The van der Waals surface area contributed by atoms with Gasteiger partial charge in [-0.25, -0.2) is 0 Å². The van der Waals surface area contributed by atoms with E-state index in [0.29, 0.717) is 11.5 Å². The van der Waals surface area contributed by atoms with E-state index in [0.717, 1.165) is 16.6 Å². The number of benzene rings is 2. The summed E-state index contributed by atoms with van der Waals surface area (Å²) in [6, 6.07) is 15.6. The van der Waals surface area contributed by atoms with Crippen molar-refractivity contribution >= 4 is 27.5 Å². The first-order valence-corrected chi connectivity index (χ1v) is 7.78. The van der Waals surface area contributed by atoms with Gasteiger partial charge in [-0.2, -0.15) is 0 Å². The summed E-state index contributed by atoms with van der Waals surface area (Å²) in [4.78, 5) is 12.2. The lowest BCUT2D eigenvalue weighted by atomic mass is 10.0. The molecule has 104 valence electrons. The van der Waals surface area contributed by atoms with E-state index in [4.69, 9.17) is 0 Å². The standard InChI is InChI=1S/C17H18BrNO/c1-12(2)14-6-8-15(9-7-14)17(20)19-16-5-3-4-13(10-16)11-18/h3-10,12H,11H2,1-2H3,(H,19,20). The molecule has 0 atom stereocenters. The predicted octanol–water partition coefficient (Wildman–Crippen LogP) is 4.96. The van der Waals surface area contributed by atoms with Crippen molar-refractivity contribution in [1.82, 2.24) is 0 Å². The lowest BCUT2D eigenvalue weighted by molar-refractivity contribution is 0.102. The van der Waals surface area contributed by atoms with E-state index in [-0.39, 0.29) is 5.91 Å². The maximum Gasteiger partial charge on any atom is 0.255 e. The molecule has 0 saturated carbocycles. The third-order valence-electron chi connectivity index (χ3n) is 3.18. The van der Waals surface area contributed by atoms with Crippen molar-refractivity contribution in [3.63, 3.8) is 0 Å². The van der Waals surface area contributed by atoms with Crippen LogP contribution in [0.3, 0.4) is 0 Å². The second-order valence-electron chi connectivity index (χ2n) is 5.06. The van der Waals surface area contributed by atoms with Crippen molar-refractivity contribution in [3.8, 4) is 0 Å². The van der Waals surface area contributed by atoms with Crippen molar-refractivity contribution in [2.24, 2.45) is 0 Å². The molecule has 0 fully saturated rings. The summed E-state index contributed by atoms with van der Waals surface area (Å²) < 4.78 is 0. The number of hydrogen-bond donors (Lipinski definition) is 1. The molecule has 2 nitrogen and oxygen atoms in total. The third kappa shape index (κ3) is 3.70. The Bertz CT molecular complexity index is 590. The normalized spacial score (nSPS) is 10.6. The molecule has 0 unspecified atom stereocenters. The highest BCUT2D eigenvalue weighted by Crippen LogP contribution is 2.17. The van der Waals surface area contributed by atoms with Crippen LogP contribution < -0.4 is 5.32 Å². The van der Waals surface area contributed by atoms with Crippen molar-refractivity contribution in [1.29, 1.82) is 0 Å². The van der Waals surface area contributed by atoms with Crippen LogP contribution in [-0.2, 0) is 5.33 Å². The molecule has 3 heteroatoms. The molecule has 2 aromatic carbocycles. The first-order chi connectivity index (χ1) is 9.60. The minimum atomic E-state index is -0.0768. The minimum Gasteiger partial charge on any atom is -0.322 e. The summed E-state index contributed by atoms with van der Waals surface area (Å²) in [6.07, 6.45) is 0. The molecule has 1 amide bonds. The van der Waals surface area contributed by atoms with Crippen LogP contribution >= 0.6 is 15.9 Å². The summed E-state index contributed by atoms with van der Waals surface area (Å²) >= 11 is 3.41. The van der Waals surface area contributed by atoms with E-state index >= 15 is 0 Å². The Morgan fingerprint density at radius 1 is 1.15 bits per heavy atom. The van der Waals surface area contributed by atoms with Gasteiger partial charge in [0.15, 0.2) is 0 Å². The number of carbonyl (C=O) groups excluding carboxylic acids is 1. The van der Waals surface area contributed by atoms with Crippen LogP contribution in [0.5, 0.6) is 0 Å². The monoisotopic (exact) mass is 331 g/mol. The summed E-state index contributed by atoms with van der Waals surface area (Å²) in [5, 5.41) is 3.70. The van der Waals surface area contributed by atoms with Crippen molar-refractivity contribution in [2.45, 2.75) is 25.1 Å². The first kappa shape index (κ1) is 14.8. The Balaban J connectivity index is 2.11. The van der Waals surface area contributed by atoms with E-state index in [1.54, 1.807) is 0 Å². The number of alkyl halides is 1. The average molecular weight is 332 g/mol. The number of rotatable bonds is 4. The summed E-state index contributed by atoms with van der Waals surface area (Å²) in [7, 11) is 0. The third-order valence-corrected chi connectivity index (χ3v) is 3.83. The Morgan fingerprint density at radius 2 is 1.85 bits per heavy atom. The van der Waals surface area contributed by atoms with Gasteiger partial charge < -0.3 is 5.32 Å². The van der Waals surface area contributed by atoms with Gasteiger partial charge in [-0.15, -0.1) is 0 Å². The fraction of sp³-hybridized carbons (Fsp3) is 0.235. The van der Waals surface area contributed by atoms with Gasteiger partial charge in [-0.1, -0.05) is 54.0 Å². The maximum absolute atomic E-state index is 12.2. The zero-order valence-electron chi connectivity index (χ0n) is 11.7. The van der Waals surface area contributed by atoms with Crippen molar-refractivity contribution in [2.75, 3.05) is 5.32 Å². The topological polar surface area (TPSA) is 29.1 Å². The number of carbonyl (C=O) groups is 1. The highest BCUT2D eigenvalue weighted by atomic mass is 79.9. The van der Waals surface area contributed by atoms with E-state index in [2.05, 4.69) is 35.1 Å². The second-order valence-corrected chi connectivity index (χ2v) is 5.63. The van der Waals surface area contributed by atoms with Crippen LogP contribution in [0, 0.1) is 0 Å². The molecule has 1 N–H and O–H groups in total. The molecule has 0 heterocycles. The van der Waals surface area contributed by atoms with E-state index in [1.807, 2.05) is 48.5 Å². The molecule has 0 bridgehead atoms. The maximum atomic E-state index is 12.2. The minimum absolute atomic E-state index is 0.0768. The van der Waals surface area contributed by atoms with Crippen LogP contribution in [0.4, 0.5) is 5.69 Å². The van der Waals surface area contributed by atoms with Gasteiger partial charge in [0.25, 0.3) is 5.91 Å². The summed E-state index contributed by atoms with van der Waals surface area (Å²) in [6.45, 7) is 4.28. The molecule has 0 saturated heterocycles. The molecule has 0 radical (unpaired) electrons. The van der Waals surface area contributed by atoms with Crippen LogP contribution in [0.25, 0.3) is 0 Å². The van der Waals surface area contributed by atoms with Crippen LogP contribution in [0.1, 0.15) is 41.3 Å². The Kier molecular flexibility index (Phi) is 4.96. The van der Waals surface area contributed by atoms with Gasteiger partial charge in [0, 0.05) is 16.6 Å². The molecular weight excluding hydrogens is 314 g/mol. The van der Waals surface area contributed by atoms with Gasteiger partial charge in [0.05, 0.1) is 0 Å². The lowest BCUT2D eigenvalue weighted by Gasteiger charge is -2.08. The summed E-state index contributed by atoms with van der Waals surface area (Å²) in [5.74, 6) is 0.398. The van der Waals surface area contributed by atoms with Crippen LogP contribution in [0.2, 0.25) is 0 Å². The van der Waals surface area contributed by atoms with E-state index < -0.39 is 0 Å². The zero-order valence-corrected chi connectivity index (χ0v) is 13.3. The van der Waals surface area contributed by atoms with E-state index in [1.165, 1.54) is 5.56 Å². The first-order valence-electron chi connectivity index (χ1n) is 6.66. The van der Waals surface area contributed by atoms with Gasteiger partial charge in [-0.3, -0.25) is 4.79 Å². The van der Waals surface area contributed by atoms with Crippen LogP contribution in [-0.4, -0.2) is 5.91 Å². The number of hydrogen-bond acceptors (Lipinski definition) is 1. The quantitative estimate of drug-likeness (QED) is 0.788. The number of halogens is 1. The Morgan fingerprint density at radius 3 is 2.45 bits per heavy atom. The van der Waals surface area contributed by atoms with Crippen molar-refractivity contribution in [3.05, 3.63) is 65.2 Å². The number of anilines is 1. The lowest BCUT2D eigenvalue weighted by Crippen LogP contribution is -2.12. The van der Waals surface area contributed by atoms with Gasteiger partial charge in [0.2, 0.25) is 0 Å². The predicted molar refractivity (Wildman–Crippen MR) is 87.6 cm³/mol. The average Bonchev–Trinajstić information content (AvgIpc) is 2.47.